The number of nitrogens with zero attached hydrogens (tertiary/aromatic N) is 3. The van der Waals surface area contributed by atoms with Gasteiger partial charge in [-0.05, 0) is 48.2 Å². The van der Waals surface area contributed by atoms with Gasteiger partial charge in [0.2, 0.25) is 5.91 Å². The average Bonchev–Trinajstić information content (AvgIpc) is 3.17. The molecule has 4 rings (SSSR count). The standard InChI is InChI=1S/C24H23N3OS2/c1-17-11-18(2)23-21(12-17)30-24(26-23)27(14-19-7-4-3-5-8-19)22(28)16-29-15-20-9-6-10-25-13-20/h3-13H,14-16H2,1-2H3. The first kappa shape index (κ1) is 20.6. The fraction of sp³-hybridized carbons (Fsp3) is 0.208. The van der Waals surface area contributed by atoms with Crippen molar-refractivity contribution in [3.8, 4) is 0 Å². The number of thiazole rings is 1. The van der Waals surface area contributed by atoms with Crippen LogP contribution in [0.4, 0.5) is 5.13 Å². The van der Waals surface area contributed by atoms with Gasteiger partial charge >= 0.3 is 0 Å². The van der Waals surface area contributed by atoms with E-state index >= 15 is 0 Å². The van der Waals surface area contributed by atoms with Crippen LogP contribution in [-0.4, -0.2) is 21.6 Å². The van der Waals surface area contributed by atoms with Gasteiger partial charge < -0.3 is 0 Å². The predicted octanol–water partition coefficient (Wildman–Crippen LogP) is 5.77. The van der Waals surface area contributed by atoms with Crippen molar-refractivity contribution in [1.82, 2.24) is 9.97 Å². The maximum atomic E-state index is 13.2. The summed E-state index contributed by atoms with van der Waals surface area (Å²) >= 11 is 3.19. The van der Waals surface area contributed by atoms with Gasteiger partial charge in [-0.1, -0.05) is 53.8 Å². The minimum atomic E-state index is 0.0705. The largest absolute Gasteiger partial charge is 0.283 e. The van der Waals surface area contributed by atoms with Gasteiger partial charge in [0, 0.05) is 18.1 Å². The predicted molar refractivity (Wildman–Crippen MR) is 127 cm³/mol. The van der Waals surface area contributed by atoms with E-state index in [1.807, 2.05) is 53.6 Å². The number of aromatic nitrogens is 2. The zero-order valence-electron chi connectivity index (χ0n) is 17.0. The quantitative estimate of drug-likeness (QED) is 0.371. The number of anilines is 1. The summed E-state index contributed by atoms with van der Waals surface area (Å²) in [6.45, 7) is 4.69. The fourth-order valence-electron chi connectivity index (χ4n) is 3.32. The number of amides is 1. The van der Waals surface area contributed by atoms with Crippen LogP contribution in [-0.2, 0) is 17.1 Å². The van der Waals surface area contributed by atoms with Crippen molar-refractivity contribution >= 4 is 44.4 Å². The summed E-state index contributed by atoms with van der Waals surface area (Å²) in [5.74, 6) is 1.23. The smallest absolute Gasteiger partial charge is 0.239 e. The van der Waals surface area contributed by atoms with Crippen LogP contribution in [0, 0.1) is 13.8 Å². The second-order valence-corrected chi connectivity index (χ2v) is 9.24. The second-order valence-electron chi connectivity index (χ2n) is 7.24. The van der Waals surface area contributed by atoms with E-state index in [0.29, 0.717) is 12.3 Å². The van der Waals surface area contributed by atoms with Gasteiger partial charge in [0.25, 0.3) is 0 Å². The van der Waals surface area contributed by atoms with Crippen molar-refractivity contribution < 1.29 is 4.79 Å². The van der Waals surface area contributed by atoms with Crippen molar-refractivity contribution in [2.24, 2.45) is 0 Å². The van der Waals surface area contributed by atoms with E-state index in [0.717, 1.165) is 37.8 Å². The fourth-order valence-corrected chi connectivity index (χ4v) is 5.32. The van der Waals surface area contributed by atoms with Gasteiger partial charge in [-0.25, -0.2) is 4.98 Å². The number of hydrogen-bond donors (Lipinski definition) is 0. The van der Waals surface area contributed by atoms with Crippen LogP contribution < -0.4 is 4.90 Å². The van der Waals surface area contributed by atoms with Crippen LogP contribution in [0.1, 0.15) is 22.3 Å². The third-order valence-corrected chi connectivity index (χ3v) is 6.76. The summed E-state index contributed by atoms with van der Waals surface area (Å²) in [5, 5.41) is 0.759. The minimum Gasteiger partial charge on any atom is -0.283 e. The lowest BCUT2D eigenvalue weighted by Gasteiger charge is -2.20. The summed E-state index contributed by atoms with van der Waals surface area (Å²) in [6, 6.07) is 18.3. The molecule has 0 aliphatic carbocycles. The van der Waals surface area contributed by atoms with Crippen LogP contribution in [0.5, 0.6) is 0 Å². The second kappa shape index (κ2) is 9.41. The lowest BCUT2D eigenvalue weighted by atomic mass is 10.1. The summed E-state index contributed by atoms with van der Waals surface area (Å²) in [5.41, 5.74) is 5.55. The molecule has 0 aliphatic rings. The van der Waals surface area contributed by atoms with Crippen LogP contribution in [0.2, 0.25) is 0 Å². The molecule has 0 aliphatic heterocycles. The van der Waals surface area contributed by atoms with Crippen LogP contribution >= 0.6 is 23.1 Å². The number of rotatable bonds is 7. The summed E-state index contributed by atoms with van der Waals surface area (Å²) in [6.07, 6.45) is 3.61. The number of carbonyl (C=O) groups is 1. The Morgan fingerprint density at radius 1 is 1.07 bits per heavy atom. The first-order valence-electron chi connectivity index (χ1n) is 9.79. The highest BCUT2D eigenvalue weighted by molar-refractivity contribution is 7.99. The molecule has 4 aromatic rings. The number of pyridine rings is 1. The van der Waals surface area contributed by atoms with Gasteiger partial charge in [0.15, 0.2) is 5.13 Å². The highest BCUT2D eigenvalue weighted by atomic mass is 32.2. The molecule has 0 saturated heterocycles. The Morgan fingerprint density at radius 2 is 1.87 bits per heavy atom. The molecule has 6 heteroatoms. The highest BCUT2D eigenvalue weighted by Gasteiger charge is 2.21. The van der Waals surface area contributed by atoms with Gasteiger partial charge in [0.1, 0.15) is 0 Å². The topological polar surface area (TPSA) is 46.1 Å². The zero-order chi connectivity index (χ0) is 20.9. The molecule has 0 unspecified atom stereocenters. The molecule has 4 nitrogen and oxygen atoms in total. The maximum absolute atomic E-state index is 13.2. The van der Waals surface area contributed by atoms with Crippen LogP contribution in [0.25, 0.3) is 10.2 Å². The van der Waals surface area contributed by atoms with Crippen molar-refractivity contribution in [3.05, 3.63) is 89.2 Å². The first-order chi connectivity index (χ1) is 14.6. The Balaban J connectivity index is 1.57. The van der Waals surface area contributed by atoms with Gasteiger partial charge in [-0.2, -0.15) is 0 Å². The monoisotopic (exact) mass is 433 g/mol. The van der Waals surface area contributed by atoms with Gasteiger partial charge in [-0.15, -0.1) is 11.8 Å². The van der Waals surface area contributed by atoms with E-state index in [2.05, 4.69) is 31.0 Å². The first-order valence-corrected chi connectivity index (χ1v) is 11.8. The molecule has 0 atom stereocenters. The molecule has 0 fully saturated rings. The number of benzene rings is 2. The molecule has 0 radical (unpaired) electrons. The van der Waals surface area contributed by atoms with Crippen molar-refractivity contribution in [3.63, 3.8) is 0 Å². The number of fused-ring (bicyclic) bond motifs is 1. The summed E-state index contributed by atoms with van der Waals surface area (Å²) in [4.78, 5) is 24.0. The molecular formula is C24H23N3OS2. The van der Waals surface area contributed by atoms with Crippen molar-refractivity contribution in [2.45, 2.75) is 26.1 Å². The average molecular weight is 434 g/mol. The van der Waals surface area contributed by atoms with E-state index in [1.165, 1.54) is 5.56 Å². The molecular weight excluding hydrogens is 410 g/mol. The van der Waals surface area contributed by atoms with Gasteiger partial charge in [0.05, 0.1) is 22.5 Å². The lowest BCUT2D eigenvalue weighted by molar-refractivity contribution is -0.116. The number of thioether (sulfide) groups is 1. The highest BCUT2D eigenvalue weighted by Crippen LogP contribution is 2.33. The molecule has 0 N–H and O–H groups in total. The molecule has 2 aromatic carbocycles. The molecule has 2 aromatic heterocycles. The Kier molecular flexibility index (Phi) is 6.45. The van der Waals surface area contributed by atoms with E-state index in [4.69, 9.17) is 4.98 Å². The van der Waals surface area contributed by atoms with Crippen LogP contribution in [0.15, 0.2) is 67.0 Å². The number of aryl methyl sites for hydroxylation is 2. The summed E-state index contributed by atoms with van der Waals surface area (Å²) < 4.78 is 1.12. The Morgan fingerprint density at radius 3 is 2.63 bits per heavy atom. The van der Waals surface area contributed by atoms with Crippen LogP contribution in [0.3, 0.4) is 0 Å². The number of hydrogen-bond acceptors (Lipinski definition) is 5. The SMILES string of the molecule is Cc1cc(C)c2nc(N(Cc3ccccc3)C(=O)CSCc3cccnc3)sc2c1. The molecule has 152 valence electrons. The Labute approximate surface area is 185 Å². The van der Waals surface area contributed by atoms with E-state index in [9.17, 15) is 4.79 Å². The normalized spacial score (nSPS) is 11.0. The van der Waals surface area contributed by atoms with Gasteiger partial charge in [-0.3, -0.25) is 14.7 Å². The third kappa shape index (κ3) is 4.89. The molecule has 30 heavy (non-hydrogen) atoms. The van der Waals surface area contributed by atoms with E-state index < -0.39 is 0 Å². The van der Waals surface area contributed by atoms with E-state index in [-0.39, 0.29) is 5.91 Å². The Hall–Kier alpha value is -2.70. The zero-order valence-corrected chi connectivity index (χ0v) is 18.7. The Bertz CT molecular complexity index is 1140. The maximum Gasteiger partial charge on any atom is 0.239 e. The summed E-state index contributed by atoms with van der Waals surface area (Å²) in [7, 11) is 0. The third-order valence-electron chi connectivity index (χ3n) is 4.75. The molecule has 0 spiro atoms. The molecule has 1 amide bonds. The lowest BCUT2D eigenvalue weighted by Crippen LogP contribution is -2.31. The van der Waals surface area contributed by atoms with Crippen molar-refractivity contribution in [2.75, 3.05) is 10.7 Å². The molecule has 0 bridgehead atoms. The van der Waals surface area contributed by atoms with E-state index in [1.54, 1.807) is 29.3 Å². The number of carbonyl (C=O) groups excluding carboxylic acids is 1. The van der Waals surface area contributed by atoms with Crippen molar-refractivity contribution in [1.29, 1.82) is 0 Å². The molecule has 0 saturated carbocycles. The molecule has 2 heterocycles. The minimum absolute atomic E-state index is 0.0705.